The van der Waals surface area contributed by atoms with Crippen LogP contribution in [0, 0.1) is 0 Å². The molecule has 1 unspecified atom stereocenters. The number of hydrogen-bond acceptors (Lipinski definition) is 3. The molecule has 0 amide bonds. The highest BCUT2D eigenvalue weighted by atomic mass is 15.1. The lowest BCUT2D eigenvalue weighted by molar-refractivity contribution is 0.413. The zero-order chi connectivity index (χ0) is 8.32. The van der Waals surface area contributed by atoms with Crippen molar-refractivity contribution in [2.45, 2.75) is 25.4 Å². The van der Waals surface area contributed by atoms with E-state index in [2.05, 4.69) is 12.2 Å². The first kappa shape index (κ1) is 8.14. The average molecular weight is 153 g/mol. The van der Waals surface area contributed by atoms with Crippen molar-refractivity contribution >= 4 is 0 Å². The van der Waals surface area contributed by atoms with Crippen LogP contribution in [0.15, 0.2) is 24.0 Å². The van der Waals surface area contributed by atoms with E-state index in [1.807, 2.05) is 12.2 Å². The molecule has 5 N–H and O–H groups in total. The van der Waals surface area contributed by atoms with E-state index in [-0.39, 0.29) is 0 Å². The monoisotopic (exact) mass is 153 g/mol. The highest BCUT2D eigenvalue weighted by Gasteiger charge is 2.21. The Morgan fingerprint density at radius 2 is 2.36 bits per heavy atom. The molecule has 0 radical (unpaired) electrons. The average Bonchev–Trinajstić information content (AvgIpc) is 1.86. The van der Waals surface area contributed by atoms with Crippen molar-refractivity contribution in [2.75, 3.05) is 0 Å². The van der Waals surface area contributed by atoms with Gasteiger partial charge >= 0.3 is 0 Å². The maximum Gasteiger partial charge on any atom is 0.106 e. The minimum atomic E-state index is -0.423. The molecular weight excluding hydrogens is 138 g/mol. The summed E-state index contributed by atoms with van der Waals surface area (Å²) in [5.74, 6) is 0.642. The lowest BCUT2D eigenvalue weighted by Gasteiger charge is -2.30. The van der Waals surface area contributed by atoms with Gasteiger partial charge in [0.05, 0.1) is 5.82 Å². The van der Waals surface area contributed by atoms with E-state index in [0.29, 0.717) is 5.82 Å². The molecule has 0 bridgehead atoms. The molecule has 0 aromatic rings. The molecule has 3 heteroatoms. The fraction of sp³-hybridized carbons (Fsp3) is 0.500. The van der Waals surface area contributed by atoms with Gasteiger partial charge in [0, 0.05) is 0 Å². The first-order chi connectivity index (χ1) is 5.16. The standard InChI is InChI=1S/C8H15N3/c1-2-5-8(10)6-3-4-7(9)11-8/h3-4,6,11H,2,5,9-10H2,1H3. The summed E-state index contributed by atoms with van der Waals surface area (Å²) in [5.41, 5.74) is 11.1. The van der Waals surface area contributed by atoms with E-state index in [9.17, 15) is 0 Å². The first-order valence-corrected chi connectivity index (χ1v) is 3.88. The maximum absolute atomic E-state index is 5.94. The number of nitrogens with one attached hydrogen (secondary N) is 1. The first-order valence-electron chi connectivity index (χ1n) is 3.88. The molecule has 0 aromatic heterocycles. The van der Waals surface area contributed by atoms with Crippen molar-refractivity contribution in [3.05, 3.63) is 24.0 Å². The smallest absolute Gasteiger partial charge is 0.106 e. The van der Waals surface area contributed by atoms with Gasteiger partial charge in [-0.2, -0.15) is 0 Å². The molecule has 1 heterocycles. The van der Waals surface area contributed by atoms with Gasteiger partial charge in [-0.1, -0.05) is 19.4 Å². The topological polar surface area (TPSA) is 64.1 Å². The Balaban J connectivity index is 2.62. The molecule has 1 atom stereocenters. The van der Waals surface area contributed by atoms with E-state index in [1.165, 1.54) is 0 Å². The SMILES string of the molecule is CCCC1(N)C=CC=C(N)N1. The number of hydrogen-bond donors (Lipinski definition) is 3. The lowest BCUT2D eigenvalue weighted by Crippen LogP contribution is -2.53. The minimum Gasteiger partial charge on any atom is -0.385 e. The summed E-state index contributed by atoms with van der Waals surface area (Å²) in [6.07, 6.45) is 7.58. The molecule has 0 aliphatic carbocycles. The molecule has 0 saturated heterocycles. The normalized spacial score (nSPS) is 29.5. The molecule has 3 nitrogen and oxygen atoms in total. The van der Waals surface area contributed by atoms with Crippen LogP contribution < -0.4 is 16.8 Å². The summed E-state index contributed by atoms with van der Waals surface area (Å²) < 4.78 is 0. The predicted octanol–water partition coefficient (Wildman–Crippen LogP) is 0.401. The van der Waals surface area contributed by atoms with Gasteiger partial charge in [0.25, 0.3) is 0 Å². The van der Waals surface area contributed by atoms with Crippen molar-refractivity contribution in [3.8, 4) is 0 Å². The van der Waals surface area contributed by atoms with Crippen LogP contribution in [-0.4, -0.2) is 5.66 Å². The predicted molar refractivity (Wildman–Crippen MR) is 46.4 cm³/mol. The van der Waals surface area contributed by atoms with Gasteiger partial charge in [0.15, 0.2) is 0 Å². The molecule has 11 heavy (non-hydrogen) atoms. The Kier molecular flexibility index (Phi) is 2.19. The molecule has 0 fully saturated rings. The van der Waals surface area contributed by atoms with E-state index in [1.54, 1.807) is 6.08 Å². The summed E-state index contributed by atoms with van der Waals surface area (Å²) in [6.45, 7) is 2.10. The van der Waals surface area contributed by atoms with Crippen LogP contribution >= 0.6 is 0 Å². The van der Waals surface area contributed by atoms with Gasteiger partial charge in [-0.15, -0.1) is 0 Å². The van der Waals surface area contributed by atoms with Gasteiger partial charge in [-0.05, 0) is 18.6 Å². The molecule has 0 aromatic carbocycles. The van der Waals surface area contributed by atoms with Gasteiger partial charge in [0.2, 0.25) is 0 Å². The number of dihydropyridines is 1. The van der Waals surface area contributed by atoms with E-state index in [0.717, 1.165) is 12.8 Å². The van der Waals surface area contributed by atoms with Crippen molar-refractivity contribution < 1.29 is 0 Å². The summed E-state index contributed by atoms with van der Waals surface area (Å²) in [4.78, 5) is 0. The van der Waals surface area contributed by atoms with Gasteiger partial charge < -0.3 is 16.8 Å². The van der Waals surface area contributed by atoms with Crippen molar-refractivity contribution in [1.29, 1.82) is 0 Å². The summed E-state index contributed by atoms with van der Waals surface area (Å²) in [5, 5.41) is 3.02. The maximum atomic E-state index is 5.94. The minimum absolute atomic E-state index is 0.423. The van der Waals surface area contributed by atoms with Crippen molar-refractivity contribution in [3.63, 3.8) is 0 Å². The lowest BCUT2D eigenvalue weighted by atomic mass is 10.0. The third kappa shape index (κ3) is 1.98. The number of allylic oxidation sites excluding steroid dienone is 2. The zero-order valence-electron chi connectivity index (χ0n) is 6.80. The third-order valence-electron chi connectivity index (χ3n) is 1.71. The number of nitrogens with two attached hydrogens (primary N) is 2. The fourth-order valence-corrected chi connectivity index (χ4v) is 1.24. The Morgan fingerprint density at radius 1 is 1.64 bits per heavy atom. The van der Waals surface area contributed by atoms with Crippen LogP contribution in [0.4, 0.5) is 0 Å². The Labute approximate surface area is 67.1 Å². The molecule has 62 valence electrons. The Morgan fingerprint density at radius 3 is 2.91 bits per heavy atom. The van der Waals surface area contributed by atoms with Gasteiger partial charge in [0.1, 0.15) is 5.66 Å². The van der Waals surface area contributed by atoms with E-state index >= 15 is 0 Å². The van der Waals surface area contributed by atoms with Crippen molar-refractivity contribution in [1.82, 2.24) is 5.32 Å². The Hall–Kier alpha value is -0.960. The summed E-state index contributed by atoms with van der Waals surface area (Å²) in [6, 6.07) is 0. The quantitative estimate of drug-likeness (QED) is 0.538. The second-order valence-corrected chi connectivity index (χ2v) is 2.90. The molecular formula is C8H15N3. The van der Waals surface area contributed by atoms with Gasteiger partial charge in [-0.3, -0.25) is 0 Å². The molecule has 0 spiro atoms. The highest BCUT2D eigenvalue weighted by molar-refractivity contribution is 5.21. The second kappa shape index (κ2) is 2.96. The third-order valence-corrected chi connectivity index (χ3v) is 1.71. The zero-order valence-corrected chi connectivity index (χ0v) is 6.80. The fourth-order valence-electron chi connectivity index (χ4n) is 1.24. The van der Waals surface area contributed by atoms with Crippen LogP contribution in [0.1, 0.15) is 19.8 Å². The van der Waals surface area contributed by atoms with E-state index in [4.69, 9.17) is 11.5 Å². The number of rotatable bonds is 2. The van der Waals surface area contributed by atoms with Crippen LogP contribution in [0.25, 0.3) is 0 Å². The largest absolute Gasteiger partial charge is 0.385 e. The summed E-state index contributed by atoms with van der Waals surface area (Å²) >= 11 is 0. The van der Waals surface area contributed by atoms with Crippen LogP contribution in [-0.2, 0) is 0 Å². The van der Waals surface area contributed by atoms with E-state index < -0.39 is 5.66 Å². The van der Waals surface area contributed by atoms with Gasteiger partial charge in [-0.25, -0.2) is 0 Å². The van der Waals surface area contributed by atoms with Crippen LogP contribution in [0.3, 0.4) is 0 Å². The molecule has 1 rings (SSSR count). The molecule has 1 aliphatic heterocycles. The molecule has 1 aliphatic rings. The second-order valence-electron chi connectivity index (χ2n) is 2.90. The molecule has 0 saturated carbocycles. The summed E-state index contributed by atoms with van der Waals surface area (Å²) in [7, 11) is 0. The Bertz CT molecular complexity index is 196. The van der Waals surface area contributed by atoms with Crippen molar-refractivity contribution in [2.24, 2.45) is 11.5 Å². The van der Waals surface area contributed by atoms with Crippen LogP contribution in [0.5, 0.6) is 0 Å². The van der Waals surface area contributed by atoms with Crippen LogP contribution in [0.2, 0.25) is 0 Å². The highest BCUT2D eigenvalue weighted by Crippen LogP contribution is 2.12.